The Labute approximate surface area is 170 Å². The first-order chi connectivity index (χ1) is 12.4. The number of hydrogen-bond donors (Lipinski definition) is 2. The second kappa shape index (κ2) is 9.90. The fourth-order valence-corrected chi connectivity index (χ4v) is 6.37. The van der Waals surface area contributed by atoms with Gasteiger partial charge in [-0.05, 0) is 38.5 Å². The summed E-state index contributed by atoms with van der Waals surface area (Å²) >= 11 is 0. The van der Waals surface area contributed by atoms with Crippen LogP contribution in [0.4, 0.5) is 0 Å². The monoisotopic (exact) mass is 421 g/mol. The van der Waals surface area contributed by atoms with Crippen molar-refractivity contribution in [3.8, 4) is 0 Å². The predicted octanol–water partition coefficient (Wildman–Crippen LogP) is 2.56. The normalized spacial score (nSPS) is 27.0. The molecule has 0 bridgehead atoms. The molecule has 158 valence electrons. The minimum Gasteiger partial charge on any atom is -0.341 e. The van der Waals surface area contributed by atoms with Crippen molar-refractivity contribution in [1.82, 2.24) is 9.62 Å². The van der Waals surface area contributed by atoms with Crippen molar-refractivity contribution in [1.29, 1.82) is 0 Å². The van der Waals surface area contributed by atoms with E-state index < -0.39 is 20.8 Å². The molecule has 3 N–H and O–H groups in total. The third kappa shape index (κ3) is 6.05. The lowest BCUT2D eigenvalue weighted by molar-refractivity contribution is -0.136. The van der Waals surface area contributed by atoms with E-state index in [4.69, 9.17) is 5.73 Å². The quantitative estimate of drug-likeness (QED) is 0.667. The summed E-state index contributed by atoms with van der Waals surface area (Å²) in [4.78, 5) is 14.5. The van der Waals surface area contributed by atoms with Gasteiger partial charge in [-0.3, -0.25) is 4.79 Å². The Hall–Kier alpha value is -0.370. The van der Waals surface area contributed by atoms with Crippen LogP contribution in [0.3, 0.4) is 0 Å². The molecule has 3 rings (SSSR count). The van der Waals surface area contributed by atoms with Gasteiger partial charge in [0.15, 0.2) is 0 Å². The molecule has 8 heteroatoms. The van der Waals surface area contributed by atoms with Crippen LogP contribution in [0.1, 0.15) is 77.0 Å². The van der Waals surface area contributed by atoms with Gasteiger partial charge in [-0.1, -0.05) is 38.5 Å². The molecule has 3 aliphatic rings. The van der Waals surface area contributed by atoms with E-state index in [1.54, 1.807) is 4.90 Å². The average Bonchev–Trinajstić information content (AvgIpc) is 3.09. The van der Waals surface area contributed by atoms with Gasteiger partial charge in [0.05, 0.1) is 5.25 Å². The standard InChI is InChI=1S/C19H35N3O3S.ClH/c20-19(11-5-1-2-6-12-19)15-21-26(24,25)17-10-7-13-22(14-17)18(23)16-8-3-4-9-16;/h16-17,21H,1-15,20H2;1H. The van der Waals surface area contributed by atoms with Gasteiger partial charge >= 0.3 is 0 Å². The van der Waals surface area contributed by atoms with Crippen molar-refractivity contribution < 1.29 is 13.2 Å². The maximum absolute atomic E-state index is 12.8. The predicted molar refractivity (Wildman–Crippen MR) is 110 cm³/mol. The van der Waals surface area contributed by atoms with Gasteiger partial charge in [-0.15, -0.1) is 12.4 Å². The number of halogens is 1. The first-order valence-corrected chi connectivity index (χ1v) is 12.0. The molecular formula is C19H36ClN3O3S. The summed E-state index contributed by atoms with van der Waals surface area (Å²) in [6, 6.07) is 0. The number of piperidine rings is 1. The number of amides is 1. The summed E-state index contributed by atoms with van der Waals surface area (Å²) in [5, 5.41) is -0.504. The molecule has 0 spiro atoms. The number of rotatable bonds is 5. The molecule has 0 aromatic carbocycles. The Morgan fingerprint density at radius 1 is 1.00 bits per heavy atom. The molecule has 0 aromatic rings. The molecule has 1 unspecified atom stereocenters. The van der Waals surface area contributed by atoms with Gasteiger partial charge in [0.25, 0.3) is 0 Å². The zero-order valence-electron chi connectivity index (χ0n) is 16.3. The Morgan fingerprint density at radius 3 is 2.26 bits per heavy atom. The van der Waals surface area contributed by atoms with Crippen molar-refractivity contribution in [2.24, 2.45) is 11.7 Å². The van der Waals surface area contributed by atoms with Crippen LogP contribution < -0.4 is 10.5 Å². The van der Waals surface area contributed by atoms with E-state index in [9.17, 15) is 13.2 Å². The molecule has 1 atom stereocenters. The Balaban J connectivity index is 0.00000261. The minimum absolute atomic E-state index is 0. The fraction of sp³-hybridized carbons (Fsp3) is 0.947. The van der Waals surface area contributed by atoms with E-state index in [2.05, 4.69) is 4.72 Å². The number of nitrogens with two attached hydrogens (primary N) is 1. The van der Waals surface area contributed by atoms with Crippen molar-refractivity contribution in [2.75, 3.05) is 19.6 Å². The second-order valence-electron chi connectivity index (χ2n) is 8.67. The second-order valence-corrected chi connectivity index (χ2v) is 10.7. The highest BCUT2D eigenvalue weighted by molar-refractivity contribution is 7.90. The summed E-state index contributed by atoms with van der Waals surface area (Å²) in [7, 11) is -3.45. The highest BCUT2D eigenvalue weighted by atomic mass is 35.5. The maximum Gasteiger partial charge on any atom is 0.225 e. The SMILES string of the molecule is Cl.NC1(CNS(=O)(=O)C2CCCN(C(=O)C3CCCC3)C2)CCCCCC1. The molecule has 1 saturated heterocycles. The Bertz CT molecular complexity index is 585. The van der Waals surface area contributed by atoms with Gasteiger partial charge in [-0.25, -0.2) is 13.1 Å². The zero-order valence-corrected chi connectivity index (χ0v) is 18.0. The summed E-state index contributed by atoms with van der Waals surface area (Å²) in [5.74, 6) is 0.282. The first kappa shape index (κ1) is 22.9. The number of likely N-dealkylation sites (tertiary alicyclic amines) is 1. The van der Waals surface area contributed by atoms with E-state index in [1.807, 2.05) is 0 Å². The maximum atomic E-state index is 12.8. The van der Waals surface area contributed by atoms with Crippen LogP contribution in [0.15, 0.2) is 0 Å². The number of carbonyl (C=O) groups excluding carboxylic acids is 1. The van der Waals surface area contributed by atoms with Crippen LogP contribution in [0, 0.1) is 5.92 Å². The molecule has 27 heavy (non-hydrogen) atoms. The lowest BCUT2D eigenvalue weighted by Gasteiger charge is -2.35. The van der Waals surface area contributed by atoms with E-state index in [0.29, 0.717) is 26.1 Å². The molecular weight excluding hydrogens is 386 g/mol. The molecule has 1 amide bonds. The van der Waals surface area contributed by atoms with Crippen molar-refractivity contribution in [2.45, 2.75) is 87.8 Å². The van der Waals surface area contributed by atoms with Gasteiger partial charge in [-0.2, -0.15) is 0 Å². The number of sulfonamides is 1. The molecule has 0 radical (unpaired) electrons. The minimum atomic E-state index is -3.45. The van der Waals surface area contributed by atoms with Crippen LogP contribution in [0.2, 0.25) is 0 Å². The van der Waals surface area contributed by atoms with Crippen molar-refractivity contribution in [3.63, 3.8) is 0 Å². The van der Waals surface area contributed by atoms with Gasteiger partial charge < -0.3 is 10.6 Å². The molecule has 1 heterocycles. The van der Waals surface area contributed by atoms with Crippen molar-refractivity contribution >= 4 is 28.3 Å². The van der Waals surface area contributed by atoms with Crippen LogP contribution in [0.25, 0.3) is 0 Å². The van der Waals surface area contributed by atoms with Crippen LogP contribution in [0.5, 0.6) is 0 Å². The number of hydrogen-bond acceptors (Lipinski definition) is 4. The lowest BCUT2D eigenvalue weighted by Crippen LogP contribution is -2.54. The van der Waals surface area contributed by atoms with E-state index >= 15 is 0 Å². The van der Waals surface area contributed by atoms with Crippen molar-refractivity contribution in [3.05, 3.63) is 0 Å². The highest BCUT2D eigenvalue weighted by Crippen LogP contribution is 2.29. The number of carbonyl (C=O) groups is 1. The van der Waals surface area contributed by atoms with Crippen LogP contribution in [-0.2, 0) is 14.8 Å². The van der Waals surface area contributed by atoms with Gasteiger partial charge in [0, 0.05) is 31.1 Å². The third-order valence-electron chi connectivity index (χ3n) is 6.56. The molecule has 6 nitrogen and oxygen atoms in total. The lowest BCUT2D eigenvalue weighted by atomic mass is 9.92. The summed E-state index contributed by atoms with van der Waals surface area (Å²) < 4.78 is 28.5. The first-order valence-electron chi connectivity index (χ1n) is 10.5. The molecule has 1 aliphatic heterocycles. The summed E-state index contributed by atoms with van der Waals surface area (Å²) in [6.07, 6.45) is 11.8. The van der Waals surface area contributed by atoms with E-state index in [1.165, 1.54) is 12.8 Å². The topological polar surface area (TPSA) is 92.5 Å². The van der Waals surface area contributed by atoms with Crippen LogP contribution >= 0.6 is 12.4 Å². The largest absolute Gasteiger partial charge is 0.341 e. The van der Waals surface area contributed by atoms with E-state index in [-0.39, 0.29) is 24.2 Å². The Kier molecular flexibility index (Phi) is 8.40. The smallest absolute Gasteiger partial charge is 0.225 e. The Morgan fingerprint density at radius 2 is 1.63 bits per heavy atom. The fourth-order valence-electron chi connectivity index (χ4n) is 4.79. The molecule has 3 fully saturated rings. The molecule has 2 saturated carbocycles. The zero-order chi connectivity index (χ0) is 18.6. The number of nitrogens with one attached hydrogen (secondary N) is 1. The number of nitrogens with zero attached hydrogens (tertiary/aromatic N) is 1. The summed E-state index contributed by atoms with van der Waals surface area (Å²) in [6.45, 7) is 1.35. The van der Waals surface area contributed by atoms with E-state index in [0.717, 1.165) is 57.8 Å². The van der Waals surface area contributed by atoms with Gasteiger partial charge in [0.1, 0.15) is 0 Å². The van der Waals surface area contributed by atoms with Gasteiger partial charge in [0.2, 0.25) is 15.9 Å². The summed E-state index contributed by atoms with van der Waals surface area (Å²) in [5.41, 5.74) is 6.04. The third-order valence-corrected chi connectivity index (χ3v) is 8.37. The molecule has 2 aliphatic carbocycles. The average molecular weight is 422 g/mol. The highest BCUT2D eigenvalue weighted by Gasteiger charge is 2.37. The van der Waals surface area contributed by atoms with Crippen LogP contribution in [-0.4, -0.2) is 49.6 Å². The molecule has 0 aromatic heterocycles.